The van der Waals surface area contributed by atoms with Crippen LogP contribution in [0.15, 0.2) is 47.1 Å². The number of aromatic nitrogens is 1. The zero-order valence-electron chi connectivity index (χ0n) is 8.40. The van der Waals surface area contributed by atoms with Gasteiger partial charge < -0.3 is 0 Å². The highest BCUT2D eigenvalue weighted by Crippen LogP contribution is 2.18. The first-order valence-electron chi connectivity index (χ1n) is 4.80. The second-order valence-corrected chi connectivity index (χ2v) is 5.22. The molecule has 0 atom stereocenters. The lowest BCUT2D eigenvalue weighted by Gasteiger charge is -1.98. The first kappa shape index (κ1) is 11.8. The Balaban J connectivity index is 2.27. The summed E-state index contributed by atoms with van der Waals surface area (Å²) in [5, 5.41) is 0. The minimum atomic E-state index is 1.00. The molecule has 0 bridgehead atoms. The van der Waals surface area contributed by atoms with Crippen LogP contribution in [0.25, 0.3) is 12.2 Å². The summed E-state index contributed by atoms with van der Waals surface area (Å²) >= 11 is 5.66. The van der Waals surface area contributed by atoms with Gasteiger partial charge in [-0.1, -0.05) is 42.5 Å². The van der Waals surface area contributed by atoms with E-state index in [0.29, 0.717) is 0 Å². The molecule has 0 amide bonds. The Hall–Kier alpha value is -0.680. The number of hydrogen-bond donors (Lipinski definition) is 0. The Bertz CT molecular complexity index is 509. The van der Waals surface area contributed by atoms with Crippen molar-refractivity contribution in [2.45, 2.75) is 0 Å². The molecule has 0 saturated carbocycles. The lowest BCUT2D eigenvalue weighted by molar-refractivity contribution is 1.24. The lowest BCUT2D eigenvalue weighted by Crippen LogP contribution is -1.84. The standard InChI is InChI=1S/C13H9BrIN/c14-12-8-11(13(15)16-9-12)7-6-10-4-2-1-3-5-10/h1-9H. The molecule has 1 nitrogen and oxygen atoms in total. The molecule has 1 aromatic heterocycles. The molecule has 1 aromatic carbocycles. The smallest absolute Gasteiger partial charge is 0.108 e. The third-order valence-corrected chi connectivity index (χ3v) is 3.42. The Labute approximate surface area is 117 Å². The van der Waals surface area contributed by atoms with E-state index in [1.54, 1.807) is 0 Å². The normalized spacial score (nSPS) is 10.9. The molecule has 2 aromatic rings. The van der Waals surface area contributed by atoms with Crippen LogP contribution in [0.5, 0.6) is 0 Å². The van der Waals surface area contributed by atoms with E-state index in [1.165, 1.54) is 5.56 Å². The Morgan fingerprint density at radius 2 is 1.88 bits per heavy atom. The minimum absolute atomic E-state index is 1.00. The highest BCUT2D eigenvalue weighted by Gasteiger charge is 1.97. The molecule has 0 aliphatic heterocycles. The van der Waals surface area contributed by atoms with Crippen LogP contribution in [-0.4, -0.2) is 4.98 Å². The van der Waals surface area contributed by atoms with Gasteiger partial charge in [0.05, 0.1) is 0 Å². The molecule has 80 valence electrons. The van der Waals surface area contributed by atoms with Crippen LogP contribution in [-0.2, 0) is 0 Å². The van der Waals surface area contributed by atoms with Gasteiger partial charge in [-0.3, -0.25) is 0 Å². The highest BCUT2D eigenvalue weighted by molar-refractivity contribution is 14.1. The van der Waals surface area contributed by atoms with Crippen molar-refractivity contribution in [2.75, 3.05) is 0 Å². The van der Waals surface area contributed by atoms with Gasteiger partial charge in [-0.2, -0.15) is 0 Å². The molecule has 16 heavy (non-hydrogen) atoms. The van der Waals surface area contributed by atoms with E-state index in [4.69, 9.17) is 0 Å². The predicted molar refractivity (Wildman–Crippen MR) is 80.0 cm³/mol. The Morgan fingerprint density at radius 1 is 1.12 bits per heavy atom. The molecule has 3 heteroatoms. The summed E-state index contributed by atoms with van der Waals surface area (Å²) in [6, 6.07) is 12.3. The van der Waals surface area contributed by atoms with Crippen LogP contribution < -0.4 is 0 Å². The van der Waals surface area contributed by atoms with Gasteiger partial charge in [0.25, 0.3) is 0 Å². The van der Waals surface area contributed by atoms with Gasteiger partial charge in [0.2, 0.25) is 0 Å². The van der Waals surface area contributed by atoms with E-state index < -0.39 is 0 Å². The topological polar surface area (TPSA) is 12.9 Å². The molecule has 0 N–H and O–H groups in total. The maximum atomic E-state index is 4.28. The SMILES string of the molecule is Brc1cnc(I)c(C=Cc2ccccc2)c1. The van der Waals surface area contributed by atoms with Crippen LogP contribution in [0.1, 0.15) is 11.1 Å². The van der Waals surface area contributed by atoms with E-state index in [0.717, 1.165) is 13.7 Å². The second-order valence-electron chi connectivity index (χ2n) is 3.28. The van der Waals surface area contributed by atoms with Crippen LogP contribution in [0.2, 0.25) is 0 Å². The zero-order chi connectivity index (χ0) is 11.4. The van der Waals surface area contributed by atoms with E-state index in [1.807, 2.05) is 24.4 Å². The Kier molecular flexibility index (Phi) is 4.12. The quantitative estimate of drug-likeness (QED) is 0.543. The van der Waals surface area contributed by atoms with E-state index in [9.17, 15) is 0 Å². The molecule has 0 aliphatic rings. The number of benzene rings is 1. The first-order chi connectivity index (χ1) is 7.75. The van der Waals surface area contributed by atoms with Crippen LogP contribution in [0.3, 0.4) is 0 Å². The third kappa shape index (κ3) is 3.15. The number of hydrogen-bond acceptors (Lipinski definition) is 1. The van der Waals surface area contributed by atoms with Crippen LogP contribution in [0, 0.1) is 3.70 Å². The first-order valence-corrected chi connectivity index (χ1v) is 6.67. The van der Waals surface area contributed by atoms with Gasteiger partial charge in [-0.15, -0.1) is 0 Å². The largest absolute Gasteiger partial charge is 0.249 e. The van der Waals surface area contributed by atoms with Crippen molar-refractivity contribution >= 4 is 50.7 Å². The maximum Gasteiger partial charge on any atom is 0.108 e. The summed E-state index contributed by atoms with van der Waals surface area (Å²) in [5.74, 6) is 0. The number of nitrogens with zero attached hydrogens (tertiary/aromatic N) is 1. The average Bonchev–Trinajstić information content (AvgIpc) is 2.32. The van der Waals surface area contributed by atoms with E-state index >= 15 is 0 Å². The van der Waals surface area contributed by atoms with Crippen LogP contribution in [0.4, 0.5) is 0 Å². The fraction of sp³-hybridized carbons (Fsp3) is 0. The van der Waals surface area contributed by atoms with Gasteiger partial charge in [0.15, 0.2) is 0 Å². The third-order valence-electron chi connectivity index (χ3n) is 2.09. The minimum Gasteiger partial charge on any atom is -0.249 e. The van der Waals surface area contributed by atoms with Crippen molar-refractivity contribution in [3.63, 3.8) is 0 Å². The molecular formula is C13H9BrIN. The molecule has 1 heterocycles. The molecule has 0 spiro atoms. The van der Waals surface area contributed by atoms with E-state index in [-0.39, 0.29) is 0 Å². The molecule has 2 rings (SSSR count). The molecule has 0 aliphatic carbocycles. The van der Waals surface area contributed by atoms with Crippen molar-refractivity contribution in [1.82, 2.24) is 4.98 Å². The van der Waals surface area contributed by atoms with Crippen molar-refractivity contribution in [3.8, 4) is 0 Å². The lowest BCUT2D eigenvalue weighted by atomic mass is 10.2. The van der Waals surface area contributed by atoms with E-state index in [2.05, 4.69) is 73.9 Å². The van der Waals surface area contributed by atoms with Gasteiger partial charge in [-0.05, 0) is 50.2 Å². The fourth-order valence-corrected chi connectivity index (χ4v) is 2.13. The van der Waals surface area contributed by atoms with Crippen molar-refractivity contribution in [1.29, 1.82) is 0 Å². The second kappa shape index (κ2) is 5.59. The maximum absolute atomic E-state index is 4.28. The number of pyridine rings is 1. The van der Waals surface area contributed by atoms with Crippen molar-refractivity contribution in [2.24, 2.45) is 0 Å². The number of rotatable bonds is 2. The molecule has 0 radical (unpaired) electrons. The zero-order valence-corrected chi connectivity index (χ0v) is 12.1. The summed E-state index contributed by atoms with van der Waals surface area (Å²) in [4.78, 5) is 4.28. The summed E-state index contributed by atoms with van der Waals surface area (Å²) in [5.41, 5.74) is 2.32. The molecule has 0 saturated heterocycles. The molecular weight excluding hydrogens is 377 g/mol. The van der Waals surface area contributed by atoms with Crippen LogP contribution >= 0.6 is 38.5 Å². The Morgan fingerprint density at radius 3 is 2.62 bits per heavy atom. The van der Waals surface area contributed by atoms with Crippen molar-refractivity contribution in [3.05, 3.63) is 61.9 Å². The summed E-state index contributed by atoms with van der Waals surface area (Å²) in [6.45, 7) is 0. The highest BCUT2D eigenvalue weighted by atomic mass is 127. The predicted octanol–water partition coefficient (Wildman–Crippen LogP) is 4.62. The van der Waals surface area contributed by atoms with Gasteiger partial charge >= 0.3 is 0 Å². The van der Waals surface area contributed by atoms with Crippen molar-refractivity contribution < 1.29 is 0 Å². The number of halogens is 2. The van der Waals surface area contributed by atoms with Gasteiger partial charge in [0, 0.05) is 16.2 Å². The molecule has 0 fully saturated rings. The monoisotopic (exact) mass is 385 g/mol. The van der Waals surface area contributed by atoms with Gasteiger partial charge in [0.1, 0.15) is 3.70 Å². The fourth-order valence-electron chi connectivity index (χ4n) is 1.31. The van der Waals surface area contributed by atoms with Gasteiger partial charge in [-0.25, -0.2) is 4.98 Å². The molecule has 0 unspecified atom stereocenters. The average molecular weight is 386 g/mol. The summed E-state index contributed by atoms with van der Waals surface area (Å²) in [6.07, 6.45) is 5.97. The summed E-state index contributed by atoms with van der Waals surface area (Å²) in [7, 11) is 0. The summed E-state index contributed by atoms with van der Waals surface area (Å²) < 4.78 is 2.01.